The van der Waals surface area contributed by atoms with E-state index in [0.29, 0.717) is 18.9 Å². The van der Waals surface area contributed by atoms with Crippen molar-refractivity contribution >= 4 is 11.9 Å². The van der Waals surface area contributed by atoms with Crippen molar-refractivity contribution in [2.24, 2.45) is 0 Å². The Bertz CT molecular complexity index is 491. The van der Waals surface area contributed by atoms with Gasteiger partial charge >= 0.3 is 5.97 Å². The van der Waals surface area contributed by atoms with E-state index in [2.05, 4.69) is 5.32 Å². The number of halogens is 2. The number of nitrogens with one attached hydrogen (secondary N) is 1. The Morgan fingerprint density at radius 1 is 1.35 bits per heavy atom. The van der Waals surface area contributed by atoms with Crippen LogP contribution in [0.4, 0.5) is 8.78 Å². The maximum absolute atomic E-state index is 13.4. The van der Waals surface area contributed by atoms with Gasteiger partial charge in [0.2, 0.25) is 5.91 Å². The van der Waals surface area contributed by atoms with E-state index in [0.717, 1.165) is 12.5 Å². The second-order valence-electron chi connectivity index (χ2n) is 4.51. The standard InChI is InChI=1S/C14H17F2NO3/c1-2-3-4-12(14(19)20)17-13(18)7-9-5-6-10(15)8-11(9)16/h5-6,8,12H,2-4,7H2,1H3,(H,17,18)(H,19,20)/t12-/m1/s1. The van der Waals surface area contributed by atoms with Gasteiger partial charge in [-0.1, -0.05) is 25.8 Å². The summed E-state index contributed by atoms with van der Waals surface area (Å²) in [4.78, 5) is 22.7. The number of carbonyl (C=O) groups excluding carboxylic acids is 1. The van der Waals surface area contributed by atoms with Crippen LogP contribution in [0.3, 0.4) is 0 Å². The highest BCUT2D eigenvalue weighted by molar-refractivity contribution is 5.84. The molecule has 110 valence electrons. The molecule has 6 heteroatoms. The molecule has 0 saturated heterocycles. The van der Waals surface area contributed by atoms with Gasteiger partial charge < -0.3 is 10.4 Å². The summed E-state index contributed by atoms with van der Waals surface area (Å²) in [7, 11) is 0. The molecular formula is C14H17F2NO3. The quantitative estimate of drug-likeness (QED) is 0.807. The minimum Gasteiger partial charge on any atom is -0.480 e. The highest BCUT2D eigenvalue weighted by Crippen LogP contribution is 2.10. The van der Waals surface area contributed by atoms with E-state index in [1.54, 1.807) is 0 Å². The fourth-order valence-electron chi connectivity index (χ4n) is 1.75. The summed E-state index contributed by atoms with van der Waals surface area (Å²) in [5, 5.41) is 11.3. The average Bonchev–Trinajstić information content (AvgIpc) is 2.37. The van der Waals surface area contributed by atoms with Crippen molar-refractivity contribution in [3.8, 4) is 0 Å². The van der Waals surface area contributed by atoms with Gasteiger partial charge in [-0.3, -0.25) is 4.79 Å². The SMILES string of the molecule is CCCC[C@@H](NC(=O)Cc1ccc(F)cc1F)C(=O)O. The molecule has 0 aliphatic carbocycles. The van der Waals surface area contributed by atoms with E-state index >= 15 is 0 Å². The van der Waals surface area contributed by atoms with Gasteiger partial charge in [0.1, 0.15) is 17.7 Å². The van der Waals surface area contributed by atoms with Crippen molar-refractivity contribution in [2.75, 3.05) is 0 Å². The summed E-state index contributed by atoms with van der Waals surface area (Å²) in [6, 6.07) is 1.93. The molecule has 0 radical (unpaired) electrons. The molecule has 1 amide bonds. The highest BCUT2D eigenvalue weighted by Gasteiger charge is 2.19. The zero-order chi connectivity index (χ0) is 15.1. The van der Waals surface area contributed by atoms with Gasteiger partial charge in [0.25, 0.3) is 0 Å². The molecule has 0 fully saturated rings. The summed E-state index contributed by atoms with van der Waals surface area (Å²) in [6.45, 7) is 1.91. The van der Waals surface area contributed by atoms with Crippen molar-refractivity contribution in [2.45, 2.75) is 38.6 Å². The zero-order valence-electron chi connectivity index (χ0n) is 11.2. The number of rotatable bonds is 7. The summed E-state index contributed by atoms with van der Waals surface area (Å²) in [6.07, 6.45) is 1.49. The smallest absolute Gasteiger partial charge is 0.326 e. The van der Waals surface area contributed by atoms with Crippen LogP contribution in [0.15, 0.2) is 18.2 Å². The minimum atomic E-state index is -1.12. The van der Waals surface area contributed by atoms with Crippen LogP contribution in [0.1, 0.15) is 31.7 Å². The molecular weight excluding hydrogens is 268 g/mol. The van der Waals surface area contributed by atoms with Crippen molar-refractivity contribution in [1.82, 2.24) is 5.32 Å². The molecule has 1 rings (SSSR count). The Hall–Kier alpha value is -1.98. The van der Waals surface area contributed by atoms with E-state index in [1.807, 2.05) is 6.92 Å². The van der Waals surface area contributed by atoms with Gasteiger partial charge in [-0.05, 0) is 18.1 Å². The van der Waals surface area contributed by atoms with Crippen LogP contribution in [0, 0.1) is 11.6 Å². The number of benzene rings is 1. The molecule has 1 aromatic carbocycles. The summed E-state index contributed by atoms with van der Waals surface area (Å²) in [5.74, 6) is -3.26. The molecule has 0 saturated carbocycles. The molecule has 0 bridgehead atoms. The van der Waals surface area contributed by atoms with Crippen LogP contribution >= 0.6 is 0 Å². The first-order valence-corrected chi connectivity index (χ1v) is 6.40. The Balaban J connectivity index is 2.63. The molecule has 1 aromatic rings. The van der Waals surface area contributed by atoms with E-state index < -0.39 is 29.6 Å². The number of hydrogen-bond donors (Lipinski definition) is 2. The topological polar surface area (TPSA) is 66.4 Å². The lowest BCUT2D eigenvalue weighted by Crippen LogP contribution is -2.41. The molecule has 2 N–H and O–H groups in total. The lowest BCUT2D eigenvalue weighted by Gasteiger charge is -2.14. The van der Waals surface area contributed by atoms with E-state index in [4.69, 9.17) is 5.11 Å². The van der Waals surface area contributed by atoms with Crippen molar-refractivity contribution in [1.29, 1.82) is 0 Å². The molecule has 0 spiro atoms. The molecule has 0 aliphatic heterocycles. The first-order valence-electron chi connectivity index (χ1n) is 6.40. The number of amides is 1. The van der Waals surface area contributed by atoms with Crippen LogP contribution in [0.25, 0.3) is 0 Å². The van der Waals surface area contributed by atoms with Crippen LogP contribution < -0.4 is 5.32 Å². The van der Waals surface area contributed by atoms with Gasteiger partial charge in [-0.15, -0.1) is 0 Å². The van der Waals surface area contributed by atoms with Gasteiger partial charge in [0.05, 0.1) is 6.42 Å². The fourth-order valence-corrected chi connectivity index (χ4v) is 1.75. The van der Waals surface area contributed by atoms with Gasteiger partial charge in [0.15, 0.2) is 0 Å². The predicted molar refractivity (Wildman–Crippen MR) is 69.2 cm³/mol. The molecule has 0 heterocycles. The second-order valence-corrected chi connectivity index (χ2v) is 4.51. The van der Waals surface area contributed by atoms with Crippen molar-refractivity contribution in [3.63, 3.8) is 0 Å². The monoisotopic (exact) mass is 285 g/mol. The maximum atomic E-state index is 13.4. The minimum absolute atomic E-state index is 0.0310. The number of carboxylic acids is 1. The third kappa shape index (κ3) is 4.95. The number of aliphatic carboxylic acids is 1. The third-order valence-electron chi connectivity index (χ3n) is 2.85. The predicted octanol–water partition coefficient (Wildman–Crippen LogP) is 2.27. The Kier molecular flexibility index (Phi) is 6.09. The normalized spacial score (nSPS) is 11.9. The molecule has 1 atom stereocenters. The van der Waals surface area contributed by atoms with Crippen LogP contribution in [0.5, 0.6) is 0 Å². The molecule has 0 aliphatic rings. The summed E-state index contributed by atoms with van der Waals surface area (Å²) >= 11 is 0. The Morgan fingerprint density at radius 3 is 2.60 bits per heavy atom. The van der Waals surface area contributed by atoms with Gasteiger partial charge in [-0.2, -0.15) is 0 Å². The van der Waals surface area contributed by atoms with Crippen molar-refractivity contribution < 1.29 is 23.5 Å². The zero-order valence-corrected chi connectivity index (χ0v) is 11.2. The van der Waals surface area contributed by atoms with Gasteiger partial charge in [-0.25, -0.2) is 13.6 Å². The van der Waals surface area contributed by atoms with Crippen molar-refractivity contribution in [3.05, 3.63) is 35.4 Å². The van der Waals surface area contributed by atoms with E-state index in [1.165, 1.54) is 6.07 Å². The van der Waals surface area contributed by atoms with Crippen LogP contribution in [-0.2, 0) is 16.0 Å². The first kappa shape index (κ1) is 16.1. The van der Waals surface area contributed by atoms with Crippen LogP contribution in [0.2, 0.25) is 0 Å². The van der Waals surface area contributed by atoms with Crippen LogP contribution in [-0.4, -0.2) is 23.0 Å². The second kappa shape index (κ2) is 7.57. The number of hydrogen-bond acceptors (Lipinski definition) is 2. The lowest BCUT2D eigenvalue weighted by molar-refractivity contribution is -0.142. The Morgan fingerprint density at radius 2 is 2.05 bits per heavy atom. The fraction of sp³-hybridized carbons (Fsp3) is 0.429. The number of carbonyl (C=O) groups is 2. The summed E-state index contributed by atoms with van der Waals surface area (Å²) in [5.41, 5.74) is 0.0310. The average molecular weight is 285 g/mol. The summed E-state index contributed by atoms with van der Waals surface area (Å²) < 4.78 is 26.1. The first-order chi connectivity index (χ1) is 9.43. The number of unbranched alkanes of at least 4 members (excludes halogenated alkanes) is 1. The molecule has 4 nitrogen and oxygen atoms in total. The third-order valence-corrected chi connectivity index (χ3v) is 2.85. The molecule has 0 aromatic heterocycles. The lowest BCUT2D eigenvalue weighted by atomic mass is 10.1. The maximum Gasteiger partial charge on any atom is 0.326 e. The van der Waals surface area contributed by atoms with E-state index in [-0.39, 0.29) is 12.0 Å². The molecule has 0 unspecified atom stereocenters. The highest BCUT2D eigenvalue weighted by atomic mass is 19.1. The van der Waals surface area contributed by atoms with Gasteiger partial charge in [0, 0.05) is 6.07 Å². The number of carboxylic acid groups (broad SMARTS) is 1. The van der Waals surface area contributed by atoms with E-state index in [9.17, 15) is 18.4 Å². The largest absolute Gasteiger partial charge is 0.480 e. The molecule has 20 heavy (non-hydrogen) atoms. The Labute approximate surface area is 115 Å².